The summed E-state index contributed by atoms with van der Waals surface area (Å²) in [5, 5.41) is 3.48. The molecule has 0 atom stereocenters. The molecule has 3 nitrogen and oxygen atoms in total. The van der Waals surface area contributed by atoms with Crippen LogP contribution in [-0.2, 0) is 13.1 Å². The lowest BCUT2D eigenvalue weighted by atomic mass is 10.2. The number of benzene rings is 1. The fraction of sp³-hybridized carbons (Fsp3) is 0.357. The molecule has 5 heteroatoms. The highest BCUT2D eigenvalue weighted by Gasteiger charge is 2.08. The van der Waals surface area contributed by atoms with Crippen LogP contribution in [0, 0.1) is 5.82 Å². The third kappa shape index (κ3) is 3.55. The molecule has 102 valence electrons. The van der Waals surface area contributed by atoms with Crippen molar-refractivity contribution in [1.29, 1.82) is 0 Å². The molecule has 0 unspecified atom stereocenters. The summed E-state index contributed by atoms with van der Waals surface area (Å²) in [4.78, 5) is 4.30. The van der Waals surface area contributed by atoms with Gasteiger partial charge in [-0.25, -0.2) is 9.37 Å². The van der Waals surface area contributed by atoms with Crippen LogP contribution in [0.3, 0.4) is 0 Å². The lowest BCUT2D eigenvalue weighted by Gasteiger charge is -2.10. The number of nitrogens with one attached hydrogen (secondary N) is 1. The van der Waals surface area contributed by atoms with E-state index >= 15 is 0 Å². The van der Waals surface area contributed by atoms with Gasteiger partial charge in [-0.05, 0) is 24.6 Å². The third-order valence-electron chi connectivity index (χ3n) is 2.88. The van der Waals surface area contributed by atoms with Crippen LogP contribution in [0.25, 0.3) is 0 Å². The number of hydrogen-bond donors (Lipinski definition) is 1. The van der Waals surface area contributed by atoms with E-state index < -0.39 is 0 Å². The van der Waals surface area contributed by atoms with Crippen LogP contribution in [0.2, 0.25) is 5.02 Å². The SMILES string of the molecule is CCCNCc1nccn1Cc1cccc(F)c1Cl. The lowest BCUT2D eigenvalue weighted by Crippen LogP contribution is -2.18. The average Bonchev–Trinajstić information content (AvgIpc) is 2.83. The predicted molar refractivity (Wildman–Crippen MR) is 74.7 cm³/mol. The molecule has 1 heterocycles. The molecular weight excluding hydrogens is 265 g/mol. The van der Waals surface area contributed by atoms with Gasteiger partial charge in [0.25, 0.3) is 0 Å². The Kier molecular flexibility index (Phi) is 4.93. The largest absolute Gasteiger partial charge is 0.329 e. The minimum absolute atomic E-state index is 0.184. The monoisotopic (exact) mass is 281 g/mol. The molecule has 19 heavy (non-hydrogen) atoms. The Morgan fingerprint density at radius 1 is 1.42 bits per heavy atom. The number of aromatic nitrogens is 2. The van der Waals surface area contributed by atoms with Crippen LogP contribution in [0.15, 0.2) is 30.6 Å². The molecule has 2 aromatic rings. The molecule has 1 N–H and O–H groups in total. The number of hydrogen-bond acceptors (Lipinski definition) is 2. The maximum Gasteiger partial charge on any atom is 0.142 e. The minimum atomic E-state index is -0.384. The molecule has 0 bridgehead atoms. The normalized spacial score (nSPS) is 10.9. The number of nitrogens with zero attached hydrogens (tertiary/aromatic N) is 2. The maximum atomic E-state index is 13.4. The molecule has 0 spiro atoms. The summed E-state index contributed by atoms with van der Waals surface area (Å²) in [6.07, 6.45) is 4.71. The van der Waals surface area contributed by atoms with E-state index in [-0.39, 0.29) is 10.8 Å². The van der Waals surface area contributed by atoms with E-state index in [0.29, 0.717) is 13.1 Å². The second-order valence-corrected chi connectivity index (χ2v) is 4.74. The molecule has 0 saturated heterocycles. The fourth-order valence-corrected chi connectivity index (χ4v) is 2.07. The van der Waals surface area contributed by atoms with Crippen molar-refractivity contribution >= 4 is 11.6 Å². The van der Waals surface area contributed by atoms with Gasteiger partial charge in [-0.15, -0.1) is 0 Å². The molecule has 0 amide bonds. The second-order valence-electron chi connectivity index (χ2n) is 4.36. The molecule has 0 aliphatic heterocycles. The fourth-order valence-electron chi connectivity index (χ4n) is 1.88. The van der Waals surface area contributed by atoms with E-state index in [4.69, 9.17) is 11.6 Å². The number of halogens is 2. The first-order valence-corrected chi connectivity index (χ1v) is 6.73. The zero-order valence-electron chi connectivity index (χ0n) is 10.9. The summed E-state index contributed by atoms with van der Waals surface area (Å²) < 4.78 is 15.4. The van der Waals surface area contributed by atoms with Crippen molar-refractivity contribution in [2.75, 3.05) is 6.54 Å². The van der Waals surface area contributed by atoms with Gasteiger partial charge in [0.05, 0.1) is 18.1 Å². The standard InChI is InChI=1S/C14H17ClFN3/c1-2-6-17-9-13-18-7-8-19(13)10-11-4-3-5-12(16)14(11)15/h3-5,7-8,17H,2,6,9-10H2,1H3. The van der Waals surface area contributed by atoms with Gasteiger partial charge in [0.15, 0.2) is 0 Å². The van der Waals surface area contributed by atoms with Crippen molar-refractivity contribution in [3.8, 4) is 0 Å². The predicted octanol–water partition coefficient (Wildman–Crippen LogP) is 3.22. The Hall–Kier alpha value is -1.39. The van der Waals surface area contributed by atoms with Crippen LogP contribution in [0.1, 0.15) is 24.7 Å². The van der Waals surface area contributed by atoms with Crippen molar-refractivity contribution < 1.29 is 4.39 Å². The van der Waals surface area contributed by atoms with Gasteiger partial charge in [-0.2, -0.15) is 0 Å². The number of rotatable bonds is 6. The zero-order valence-corrected chi connectivity index (χ0v) is 11.6. The van der Waals surface area contributed by atoms with E-state index in [1.165, 1.54) is 6.07 Å². The summed E-state index contributed by atoms with van der Waals surface area (Å²) in [6.45, 7) is 4.30. The van der Waals surface area contributed by atoms with Crippen molar-refractivity contribution in [2.24, 2.45) is 0 Å². The van der Waals surface area contributed by atoms with Crippen molar-refractivity contribution in [3.63, 3.8) is 0 Å². The highest BCUT2D eigenvalue weighted by Crippen LogP contribution is 2.20. The third-order valence-corrected chi connectivity index (χ3v) is 3.31. The summed E-state index contributed by atoms with van der Waals surface area (Å²) in [6, 6.07) is 4.86. The van der Waals surface area contributed by atoms with Crippen LogP contribution in [-0.4, -0.2) is 16.1 Å². The number of imidazole rings is 1. The van der Waals surface area contributed by atoms with Crippen LogP contribution in [0.4, 0.5) is 4.39 Å². The average molecular weight is 282 g/mol. The smallest absolute Gasteiger partial charge is 0.142 e. The minimum Gasteiger partial charge on any atom is -0.329 e. The Balaban J connectivity index is 2.11. The molecule has 2 rings (SSSR count). The van der Waals surface area contributed by atoms with Crippen LogP contribution < -0.4 is 5.32 Å². The second kappa shape index (κ2) is 6.68. The summed E-state index contributed by atoms with van der Waals surface area (Å²) in [5.74, 6) is 0.540. The Bertz CT molecular complexity index is 539. The molecule has 0 aliphatic rings. The van der Waals surface area contributed by atoms with E-state index in [1.807, 2.05) is 16.8 Å². The first-order valence-electron chi connectivity index (χ1n) is 6.36. The molecule has 1 aromatic carbocycles. The van der Waals surface area contributed by atoms with E-state index in [0.717, 1.165) is 24.4 Å². The highest BCUT2D eigenvalue weighted by molar-refractivity contribution is 6.31. The molecule has 0 saturated carbocycles. The molecular formula is C14H17ClFN3. The highest BCUT2D eigenvalue weighted by atomic mass is 35.5. The first-order chi connectivity index (χ1) is 9.22. The van der Waals surface area contributed by atoms with Crippen LogP contribution >= 0.6 is 11.6 Å². The maximum absolute atomic E-state index is 13.4. The van der Waals surface area contributed by atoms with Gasteiger partial charge >= 0.3 is 0 Å². The zero-order chi connectivity index (χ0) is 13.7. The Morgan fingerprint density at radius 2 is 2.26 bits per heavy atom. The van der Waals surface area contributed by atoms with Crippen molar-refractivity contribution in [3.05, 3.63) is 52.8 Å². The lowest BCUT2D eigenvalue weighted by molar-refractivity contribution is 0.608. The van der Waals surface area contributed by atoms with E-state index in [2.05, 4.69) is 17.2 Å². The summed E-state index contributed by atoms with van der Waals surface area (Å²) >= 11 is 5.96. The van der Waals surface area contributed by atoms with Gasteiger partial charge in [0, 0.05) is 12.4 Å². The molecule has 1 aromatic heterocycles. The van der Waals surface area contributed by atoms with Gasteiger partial charge in [0.1, 0.15) is 11.6 Å². The van der Waals surface area contributed by atoms with E-state index in [1.54, 1.807) is 12.3 Å². The quantitative estimate of drug-likeness (QED) is 0.824. The Morgan fingerprint density at radius 3 is 3.05 bits per heavy atom. The van der Waals surface area contributed by atoms with Gasteiger partial charge in [0.2, 0.25) is 0 Å². The van der Waals surface area contributed by atoms with Crippen molar-refractivity contribution in [1.82, 2.24) is 14.9 Å². The van der Waals surface area contributed by atoms with Gasteiger partial charge < -0.3 is 9.88 Å². The molecule has 0 fully saturated rings. The van der Waals surface area contributed by atoms with Gasteiger partial charge in [-0.1, -0.05) is 30.7 Å². The first kappa shape index (κ1) is 14.0. The molecule has 0 aliphatic carbocycles. The summed E-state index contributed by atoms with van der Waals surface area (Å²) in [7, 11) is 0. The Labute approximate surface area is 117 Å². The van der Waals surface area contributed by atoms with Crippen LogP contribution in [0.5, 0.6) is 0 Å². The van der Waals surface area contributed by atoms with Gasteiger partial charge in [-0.3, -0.25) is 0 Å². The van der Waals surface area contributed by atoms with E-state index in [9.17, 15) is 4.39 Å². The molecule has 0 radical (unpaired) electrons. The topological polar surface area (TPSA) is 29.9 Å². The van der Waals surface area contributed by atoms with Crippen molar-refractivity contribution in [2.45, 2.75) is 26.4 Å². The summed E-state index contributed by atoms with van der Waals surface area (Å²) in [5.41, 5.74) is 0.761.